The van der Waals surface area contributed by atoms with E-state index in [1.165, 1.54) is 18.2 Å². The standard InChI is InChI=1S/C19H19BrFNO3/c20-14-3-6-16(17(23)11-14)18(24)22-12-19(7-9-25-10-8-19)13-1-4-15(21)5-2-13/h1-6,11,23H,7-10,12H2,(H,22,24). The molecule has 3 rings (SSSR count). The molecule has 0 bridgehead atoms. The molecule has 0 aromatic heterocycles. The lowest BCUT2D eigenvalue weighted by molar-refractivity contribution is 0.0486. The van der Waals surface area contributed by atoms with Gasteiger partial charge in [0.15, 0.2) is 0 Å². The van der Waals surface area contributed by atoms with Crippen LogP contribution >= 0.6 is 15.9 Å². The van der Waals surface area contributed by atoms with Crippen LogP contribution in [0, 0.1) is 5.82 Å². The lowest BCUT2D eigenvalue weighted by atomic mass is 9.74. The summed E-state index contributed by atoms with van der Waals surface area (Å²) in [4.78, 5) is 12.5. The Kier molecular flexibility index (Phi) is 5.39. The number of hydrogen-bond donors (Lipinski definition) is 2. The number of carbonyl (C=O) groups is 1. The van der Waals surface area contributed by atoms with Gasteiger partial charge in [-0.2, -0.15) is 0 Å². The quantitative estimate of drug-likeness (QED) is 0.810. The largest absolute Gasteiger partial charge is 0.507 e. The summed E-state index contributed by atoms with van der Waals surface area (Å²) in [5, 5.41) is 12.9. The number of halogens is 2. The predicted molar refractivity (Wildman–Crippen MR) is 96.3 cm³/mol. The van der Waals surface area contributed by atoms with Crippen molar-refractivity contribution in [3.05, 3.63) is 63.9 Å². The van der Waals surface area contributed by atoms with Crippen molar-refractivity contribution >= 4 is 21.8 Å². The van der Waals surface area contributed by atoms with Gasteiger partial charge >= 0.3 is 0 Å². The highest BCUT2D eigenvalue weighted by Gasteiger charge is 2.35. The molecule has 4 nitrogen and oxygen atoms in total. The Bertz CT molecular complexity index is 758. The summed E-state index contributed by atoms with van der Waals surface area (Å²) in [6, 6.07) is 11.2. The van der Waals surface area contributed by atoms with E-state index in [4.69, 9.17) is 4.74 Å². The van der Waals surface area contributed by atoms with Crippen molar-refractivity contribution in [2.24, 2.45) is 0 Å². The second-order valence-corrected chi connectivity index (χ2v) is 7.16. The van der Waals surface area contributed by atoms with Crippen molar-refractivity contribution in [3.63, 3.8) is 0 Å². The van der Waals surface area contributed by atoms with Crippen LogP contribution < -0.4 is 5.32 Å². The molecule has 6 heteroatoms. The van der Waals surface area contributed by atoms with Crippen LogP contribution in [-0.4, -0.2) is 30.8 Å². The first-order valence-corrected chi connectivity index (χ1v) is 8.90. The topological polar surface area (TPSA) is 58.6 Å². The van der Waals surface area contributed by atoms with E-state index in [-0.39, 0.29) is 28.5 Å². The molecule has 0 unspecified atom stereocenters. The summed E-state index contributed by atoms with van der Waals surface area (Å²) in [5.41, 5.74) is 0.911. The zero-order valence-corrected chi connectivity index (χ0v) is 15.2. The Hall–Kier alpha value is -1.92. The smallest absolute Gasteiger partial charge is 0.255 e. The average Bonchev–Trinajstić information content (AvgIpc) is 2.61. The third kappa shape index (κ3) is 4.02. The van der Waals surface area contributed by atoms with Crippen molar-refractivity contribution < 1.29 is 19.0 Å². The Morgan fingerprint density at radius 1 is 1.20 bits per heavy atom. The fourth-order valence-electron chi connectivity index (χ4n) is 3.17. The van der Waals surface area contributed by atoms with Crippen molar-refractivity contribution in [3.8, 4) is 5.75 Å². The molecule has 0 spiro atoms. The van der Waals surface area contributed by atoms with E-state index in [9.17, 15) is 14.3 Å². The molecule has 1 saturated heterocycles. The van der Waals surface area contributed by atoms with E-state index in [1.807, 2.05) is 0 Å². The van der Waals surface area contributed by atoms with Gasteiger partial charge in [-0.05, 0) is 48.7 Å². The highest BCUT2D eigenvalue weighted by Crippen LogP contribution is 2.34. The fourth-order valence-corrected chi connectivity index (χ4v) is 3.52. The van der Waals surface area contributed by atoms with E-state index in [2.05, 4.69) is 21.2 Å². The van der Waals surface area contributed by atoms with Gasteiger partial charge in [0.2, 0.25) is 0 Å². The Morgan fingerprint density at radius 2 is 1.88 bits per heavy atom. The zero-order chi connectivity index (χ0) is 17.9. The fraction of sp³-hybridized carbons (Fsp3) is 0.316. The van der Waals surface area contributed by atoms with Crippen LogP contribution in [0.4, 0.5) is 4.39 Å². The van der Waals surface area contributed by atoms with Gasteiger partial charge in [-0.15, -0.1) is 0 Å². The van der Waals surface area contributed by atoms with Crippen molar-refractivity contribution in [2.45, 2.75) is 18.3 Å². The van der Waals surface area contributed by atoms with Gasteiger partial charge in [0.1, 0.15) is 11.6 Å². The first-order valence-electron chi connectivity index (χ1n) is 8.11. The lowest BCUT2D eigenvalue weighted by Gasteiger charge is -2.38. The molecule has 0 radical (unpaired) electrons. The number of nitrogens with one attached hydrogen (secondary N) is 1. The molecule has 1 amide bonds. The van der Waals surface area contributed by atoms with E-state index in [0.29, 0.717) is 24.2 Å². The number of phenols is 1. The molecule has 0 aliphatic carbocycles. The van der Waals surface area contributed by atoms with Gasteiger partial charge in [0, 0.05) is 29.6 Å². The van der Waals surface area contributed by atoms with Gasteiger partial charge in [-0.1, -0.05) is 28.1 Å². The third-order valence-electron chi connectivity index (χ3n) is 4.70. The molecule has 1 aliphatic rings. The summed E-state index contributed by atoms with van der Waals surface area (Å²) in [5.74, 6) is -0.692. The first kappa shape index (κ1) is 17.9. The van der Waals surface area contributed by atoms with E-state index >= 15 is 0 Å². The number of hydrogen-bond acceptors (Lipinski definition) is 3. The molecule has 25 heavy (non-hydrogen) atoms. The van der Waals surface area contributed by atoms with E-state index < -0.39 is 0 Å². The molecule has 0 saturated carbocycles. The van der Waals surface area contributed by atoms with Gasteiger partial charge in [-0.3, -0.25) is 4.79 Å². The van der Waals surface area contributed by atoms with Gasteiger partial charge in [-0.25, -0.2) is 4.39 Å². The summed E-state index contributed by atoms with van der Waals surface area (Å²) in [6.07, 6.45) is 1.48. The average molecular weight is 408 g/mol. The molecular weight excluding hydrogens is 389 g/mol. The molecule has 1 fully saturated rings. The van der Waals surface area contributed by atoms with E-state index in [1.54, 1.807) is 24.3 Å². The van der Waals surface area contributed by atoms with Gasteiger partial charge in [0.05, 0.1) is 5.56 Å². The molecule has 1 heterocycles. The summed E-state index contributed by atoms with van der Waals surface area (Å²) in [6.45, 7) is 1.59. The van der Waals surface area contributed by atoms with Crippen molar-refractivity contribution in [1.82, 2.24) is 5.32 Å². The first-order chi connectivity index (χ1) is 12.0. The van der Waals surface area contributed by atoms with Crippen LogP contribution in [0.1, 0.15) is 28.8 Å². The maximum atomic E-state index is 13.3. The normalized spacial score (nSPS) is 16.4. The maximum absolute atomic E-state index is 13.3. The van der Waals surface area contributed by atoms with Gasteiger partial charge < -0.3 is 15.2 Å². The Balaban J connectivity index is 1.79. The van der Waals surface area contributed by atoms with Crippen LogP contribution in [0.2, 0.25) is 0 Å². The van der Waals surface area contributed by atoms with Crippen LogP contribution in [0.5, 0.6) is 5.75 Å². The number of aromatic hydroxyl groups is 1. The van der Waals surface area contributed by atoms with Crippen LogP contribution in [-0.2, 0) is 10.2 Å². The summed E-state index contributed by atoms with van der Waals surface area (Å²) in [7, 11) is 0. The molecule has 0 atom stereocenters. The number of phenolic OH excluding ortho intramolecular Hbond substituents is 1. The Labute approximate surface area is 154 Å². The van der Waals surface area contributed by atoms with Crippen molar-refractivity contribution in [2.75, 3.05) is 19.8 Å². The third-order valence-corrected chi connectivity index (χ3v) is 5.19. The monoisotopic (exact) mass is 407 g/mol. The van der Waals surface area contributed by atoms with E-state index in [0.717, 1.165) is 18.4 Å². The lowest BCUT2D eigenvalue weighted by Crippen LogP contribution is -2.44. The zero-order valence-electron chi connectivity index (χ0n) is 13.6. The number of amides is 1. The Morgan fingerprint density at radius 3 is 2.52 bits per heavy atom. The summed E-state index contributed by atoms with van der Waals surface area (Å²) >= 11 is 3.26. The highest BCUT2D eigenvalue weighted by molar-refractivity contribution is 9.10. The number of ether oxygens (including phenoxy) is 1. The molecule has 1 aliphatic heterocycles. The van der Waals surface area contributed by atoms with Crippen LogP contribution in [0.25, 0.3) is 0 Å². The number of rotatable bonds is 4. The minimum atomic E-state index is -0.335. The summed E-state index contributed by atoms with van der Waals surface area (Å²) < 4.78 is 19.4. The van der Waals surface area contributed by atoms with Gasteiger partial charge in [0.25, 0.3) is 5.91 Å². The SMILES string of the molecule is O=C(NCC1(c2ccc(F)cc2)CCOCC1)c1ccc(Br)cc1O. The van der Waals surface area contributed by atoms with Crippen LogP contribution in [0.3, 0.4) is 0 Å². The van der Waals surface area contributed by atoms with Crippen molar-refractivity contribution in [1.29, 1.82) is 0 Å². The second kappa shape index (κ2) is 7.54. The van der Waals surface area contributed by atoms with Crippen LogP contribution in [0.15, 0.2) is 46.9 Å². The molecule has 132 valence electrons. The molecule has 2 aromatic carbocycles. The second-order valence-electron chi connectivity index (χ2n) is 6.24. The minimum absolute atomic E-state index is 0.0744. The predicted octanol–water partition coefficient (Wildman–Crippen LogP) is 3.77. The molecular formula is C19H19BrFNO3. The number of benzene rings is 2. The molecule has 2 aromatic rings. The minimum Gasteiger partial charge on any atom is -0.507 e. The molecule has 2 N–H and O–H groups in total. The number of carbonyl (C=O) groups excluding carboxylic acids is 1. The highest BCUT2D eigenvalue weighted by atomic mass is 79.9. The maximum Gasteiger partial charge on any atom is 0.255 e.